The first-order valence-electron chi connectivity index (χ1n) is 7.67. The number of thioether (sulfide) groups is 1. The zero-order chi connectivity index (χ0) is 20.9. The smallest absolute Gasteiger partial charge is 0.316 e. The number of aromatic nitrogens is 2. The molecule has 2 rings (SSSR count). The number of methoxy groups -OCH3 is 1. The normalized spacial score (nSPS) is 11.1. The van der Waals surface area contributed by atoms with Crippen molar-refractivity contribution in [3.63, 3.8) is 0 Å². The Kier molecular flexibility index (Phi) is 7.63. The van der Waals surface area contributed by atoms with E-state index in [-0.39, 0.29) is 10.9 Å². The fraction of sp³-hybridized carbons (Fsp3) is 0.333. The highest BCUT2D eigenvalue weighted by Crippen LogP contribution is 2.27. The number of aryl methyl sites for hydroxylation is 1. The minimum atomic E-state index is -3.73. The number of esters is 1. The number of carbonyl (C=O) groups excluding carboxylic acids is 2. The summed E-state index contributed by atoms with van der Waals surface area (Å²) in [6.45, 7) is 1.27. The zero-order valence-electron chi connectivity index (χ0n) is 15.1. The minimum absolute atomic E-state index is 0.0645. The number of anilines is 2. The number of hydrogen-bond acceptors (Lipinski definition) is 9. The SMILES string of the molecule is COC(=O)CSc1nnc(NC(=O)CN(c2cc(Cl)ccc2C)S(C)(=O)=O)s1. The van der Waals surface area contributed by atoms with E-state index < -0.39 is 28.4 Å². The zero-order valence-corrected chi connectivity index (χ0v) is 18.3. The average Bonchev–Trinajstić information content (AvgIpc) is 3.06. The highest BCUT2D eigenvalue weighted by molar-refractivity contribution is 8.01. The second-order valence-corrected chi connectivity index (χ2v) is 10.0. The van der Waals surface area contributed by atoms with Gasteiger partial charge in [0.1, 0.15) is 6.54 Å². The number of nitrogens with one attached hydrogen (secondary N) is 1. The summed E-state index contributed by atoms with van der Waals surface area (Å²) in [5.41, 5.74) is 0.969. The van der Waals surface area contributed by atoms with Crippen molar-refractivity contribution in [2.45, 2.75) is 11.3 Å². The van der Waals surface area contributed by atoms with Gasteiger partial charge in [0.2, 0.25) is 21.1 Å². The lowest BCUT2D eigenvalue weighted by Crippen LogP contribution is -2.37. The molecule has 0 spiro atoms. The van der Waals surface area contributed by atoms with Crippen LogP contribution in [0.25, 0.3) is 0 Å². The van der Waals surface area contributed by atoms with Crippen molar-refractivity contribution in [2.75, 3.05) is 35.3 Å². The van der Waals surface area contributed by atoms with E-state index in [0.717, 1.165) is 33.7 Å². The molecular formula is C15H17ClN4O5S3. The summed E-state index contributed by atoms with van der Waals surface area (Å²) in [7, 11) is -2.45. The topological polar surface area (TPSA) is 119 Å². The minimum Gasteiger partial charge on any atom is -0.468 e. The Hall–Kier alpha value is -1.89. The number of rotatable bonds is 8. The summed E-state index contributed by atoms with van der Waals surface area (Å²) < 4.78 is 30.4. The molecule has 0 fully saturated rings. The molecular weight excluding hydrogens is 448 g/mol. The van der Waals surface area contributed by atoms with E-state index >= 15 is 0 Å². The maximum atomic E-state index is 12.4. The molecule has 0 bridgehead atoms. The number of halogens is 1. The highest BCUT2D eigenvalue weighted by atomic mass is 35.5. The number of carbonyl (C=O) groups is 2. The Morgan fingerprint density at radius 2 is 2.07 bits per heavy atom. The van der Waals surface area contributed by atoms with E-state index in [1.165, 1.54) is 13.2 Å². The maximum Gasteiger partial charge on any atom is 0.316 e. The van der Waals surface area contributed by atoms with E-state index in [1.807, 2.05) is 0 Å². The van der Waals surface area contributed by atoms with Gasteiger partial charge in [-0.3, -0.25) is 19.2 Å². The third-order valence-corrected chi connectivity index (χ3v) is 6.63. The van der Waals surface area contributed by atoms with E-state index in [0.29, 0.717) is 20.6 Å². The van der Waals surface area contributed by atoms with E-state index in [4.69, 9.17) is 11.6 Å². The van der Waals surface area contributed by atoms with Crippen LogP contribution in [0.4, 0.5) is 10.8 Å². The highest BCUT2D eigenvalue weighted by Gasteiger charge is 2.23. The molecule has 0 aliphatic rings. The van der Waals surface area contributed by atoms with Gasteiger partial charge in [-0.05, 0) is 24.6 Å². The molecule has 0 saturated carbocycles. The van der Waals surface area contributed by atoms with Crippen molar-refractivity contribution in [1.29, 1.82) is 0 Å². The molecule has 0 aliphatic heterocycles. The summed E-state index contributed by atoms with van der Waals surface area (Å²) in [6.07, 6.45) is 1.01. The van der Waals surface area contributed by atoms with Crippen molar-refractivity contribution in [1.82, 2.24) is 10.2 Å². The van der Waals surface area contributed by atoms with Gasteiger partial charge in [-0.1, -0.05) is 40.8 Å². The Morgan fingerprint density at radius 3 is 2.71 bits per heavy atom. The van der Waals surface area contributed by atoms with E-state index in [9.17, 15) is 18.0 Å². The predicted molar refractivity (Wildman–Crippen MR) is 110 cm³/mol. The first-order valence-corrected chi connectivity index (χ1v) is 11.7. The first-order chi connectivity index (χ1) is 13.1. The summed E-state index contributed by atoms with van der Waals surface area (Å²) >= 11 is 8.15. The predicted octanol–water partition coefficient (Wildman–Crippen LogP) is 2.17. The molecule has 0 saturated heterocycles. The molecule has 1 heterocycles. The van der Waals surface area contributed by atoms with Crippen LogP contribution in [0.5, 0.6) is 0 Å². The van der Waals surface area contributed by atoms with Gasteiger partial charge in [-0.25, -0.2) is 8.42 Å². The van der Waals surface area contributed by atoms with E-state index in [2.05, 4.69) is 20.3 Å². The fourth-order valence-corrected chi connectivity index (χ4v) is 4.69. The van der Waals surface area contributed by atoms with Crippen LogP contribution in [-0.2, 0) is 24.3 Å². The molecule has 13 heteroatoms. The lowest BCUT2D eigenvalue weighted by molar-refractivity contribution is -0.137. The van der Waals surface area contributed by atoms with Crippen molar-refractivity contribution in [3.8, 4) is 0 Å². The molecule has 9 nitrogen and oxygen atoms in total. The molecule has 152 valence electrons. The molecule has 1 amide bonds. The second kappa shape index (κ2) is 9.54. The first kappa shape index (κ1) is 22.4. The Balaban J connectivity index is 2.10. The fourth-order valence-electron chi connectivity index (χ4n) is 2.02. The van der Waals surface area contributed by atoms with Crippen LogP contribution in [0.15, 0.2) is 22.5 Å². The molecule has 1 aromatic heterocycles. The number of hydrogen-bond donors (Lipinski definition) is 1. The standard InChI is InChI=1S/C15H17ClN4O5S3/c1-9-4-5-10(16)6-11(9)20(28(3,23)24)7-12(21)17-14-18-19-15(27-14)26-8-13(22)25-2/h4-6H,7-8H2,1-3H3,(H,17,18,21). The molecule has 0 atom stereocenters. The quantitative estimate of drug-likeness (QED) is 0.358. The Morgan fingerprint density at radius 1 is 1.36 bits per heavy atom. The monoisotopic (exact) mass is 464 g/mol. The van der Waals surface area contributed by atoms with Crippen molar-refractivity contribution >= 4 is 67.4 Å². The van der Waals surface area contributed by atoms with Crippen LogP contribution >= 0.6 is 34.7 Å². The summed E-state index contributed by atoms with van der Waals surface area (Å²) in [5, 5.41) is 10.7. The van der Waals surface area contributed by atoms with Crippen molar-refractivity contribution in [2.24, 2.45) is 0 Å². The van der Waals surface area contributed by atoms with Gasteiger partial charge in [-0.2, -0.15) is 0 Å². The van der Waals surface area contributed by atoms with Crippen LogP contribution in [0.3, 0.4) is 0 Å². The Bertz CT molecular complexity index is 980. The maximum absolute atomic E-state index is 12.4. The summed E-state index contributed by atoms with van der Waals surface area (Å²) in [5.74, 6) is -0.938. The summed E-state index contributed by atoms with van der Waals surface area (Å²) in [4.78, 5) is 23.5. The summed E-state index contributed by atoms with van der Waals surface area (Å²) in [6, 6.07) is 4.79. The van der Waals surface area contributed by atoms with Crippen LogP contribution in [-0.4, -0.2) is 56.2 Å². The molecule has 0 unspecified atom stereocenters. The van der Waals surface area contributed by atoms with Gasteiger partial charge in [0.05, 0.1) is 24.8 Å². The number of ether oxygens (including phenoxy) is 1. The van der Waals surface area contributed by atoms with E-state index in [1.54, 1.807) is 19.1 Å². The number of benzene rings is 1. The van der Waals surface area contributed by atoms with Gasteiger partial charge in [0.15, 0.2) is 4.34 Å². The van der Waals surface area contributed by atoms with Crippen LogP contribution in [0.1, 0.15) is 5.56 Å². The molecule has 28 heavy (non-hydrogen) atoms. The average molecular weight is 465 g/mol. The lowest BCUT2D eigenvalue weighted by Gasteiger charge is -2.23. The van der Waals surface area contributed by atoms with Gasteiger partial charge in [-0.15, -0.1) is 10.2 Å². The number of amides is 1. The van der Waals surface area contributed by atoms with Crippen LogP contribution in [0.2, 0.25) is 5.02 Å². The second-order valence-electron chi connectivity index (χ2n) is 5.49. The van der Waals surface area contributed by atoms with Gasteiger partial charge in [0.25, 0.3) is 0 Å². The third-order valence-electron chi connectivity index (χ3n) is 3.32. The molecule has 2 aromatic rings. The molecule has 1 N–H and O–H groups in total. The Labute approximate surface area is 175 Å². The number of nitrogens with zero attached hydrogens (tertiary/aromatic N) is 3. The lowest BCUT2D eigenvalue weighted by atomic mass is 10.2. The van der Waals surface area contributed by atoms with Crippen molar-refractivity contribution < 1.29 is 22.7 Å². The van der Waals surface area contributed by atoms with Gasteiger partial charge in [0, 0.05) is 5.02 Å². The van der Waals surface area contributed by atoms with Gasteiger partial charge < -0.3 is 4.74 Å². The largest absolute Gasteiger partial charge is 0.468 e. The molecule has 0 radical (unpaired) electrons. The van der Waals surface area contributed by atoms with Gasteiger partial charge >= 0.3 is 5.97 Å². The number of sulfonamides is 1. The van der Waals surface area contributed by atoms with Crippen LogP contribution < -0.4 is 9.62 Å². The molecule has 0 aliphatic carbocycles. The molecule has 1 aromatic carbocycles. The third kappa shape index (κ3) is 6.33. The van der Waals surface area contributed by atoms with Crippen LogP contribution in [0, 0.1) is 6.92 Å². The van der Waals surface area contributed by atoms with Crippen molar-refractivity contribution in [3.05, 3.63) is 28.8 Å².